The van der Waals surface area contributed by atoms with E-state index in [4.69, 9.17) is 11.6 Å². The molecule has 2 rings (SSSR count). The Morgan fingerprint density at radius 2 is 2.17 bits per heavy atom. The Morgan fingerprint density at radius 1 is 1.46 bits per heavy atom. The summed E-state index contributed by atoms with van der Waals surface area (Å²) in [6.45, 7) is 2.25. The van der Waals surface area contributed by atoms with Gasteiger partial charge in [-0.3, -0.25) is 0 Å². The molecule has 0 aromatic heterocycles. The van der Waals surface area contributed by atoms with E-state index in [9.17, 15) is 22.0 Å². The monoisotopic (exact) mass is 381 g/mol. The van der Waals surface area contributed by atoms with Crippen molar-refractivity contribution >= 4 is 33.3 Å². The molecular formula is C14H18ClF2N3O3S. The predicted octanol–water partition coefficient (Wildman–Crippen LogP) is 2.82. The molecule has 6 nitrogen and oxygen atoms in total. The van der Waals surface area contributed by atoms with Crippen LogP contribution in [-0.2, 0) is 10.0 Å². The largest absolute Gasteiger partial charge is 0.323 e. The van der Waals surface area contributed by atoms with Crippen molar-refractivity contribution in [3.05, 3.63) is 28.8 Å². The Bertz CT molecular complexity index is 715. The van der Waals surface area contributed by atoms with E-state index < -0.39 is 27.7 Å². The zero-order chi connectivity index (χ0) is 17.9. The molecule has 0 radical (unpaired) electrons. The SMILES string of the molecule is CCNS(=O)(=O)C1CCN(C(=O)Nc2cc(C(F)F)ccc2Cl)C1. The molecule has 0 saturated carbocycles. The second kappa shape index (κ2) is 7.62. The van der Waals surface area contributed by atoms with Crippen molar-refractivity contribution in [1.82, 2.24) is 9.62 Å². The zero-order valence-corrected chi connectivity index (χ0v) is 14.5. The summed E-state index contributed by atoms with van der Waals surface area (Å²) < 4.78 is 51.8. The van der Waals surface area contributed by atoms with Crippen LogP contribution in [0, 0.1) is 0 Å². The molecule has 0 bridgehead atoms. The zero-order valence-electron chi connectivity index (χ0n) is 12.9. The number of carbonyl (C=O) groups is 1. The summed E-state index contributed by atoms with van der Waals surface area (Å²) in [5.74, 6) is 0. The molecule has 0 aliphatic carbocycles. The van der Waals surface area contributed by atoms with Crippen LogP contribution in [0.2, 0.25) is 5.02 Å². The summed E-state index contributed by atoms with van der Waals surface area (Å²) in [6.07, 6.45) is -2.37. The van der Waals surface area contributed by atoms with Gasteiger partial charge >= 0.3 is 6.03 Å². The third kappa shape index (κ3) is 4.34. The van der Waals surface area contributed by atoms with Gasteiger partial charge < -0.3 is 10.2 Å². The lowest BCUT2D eigenvalue weighted by Gasteiger charge is -2.18. The van der Waals surface area contributed by atoms with Gasteiger partial charge in [0.2, 0.25) is 10.0 Å². The van der Waals surface area contributed by atoms with Crippen molar-refractivity contribution in [2.75, 3.05) is 25.0 Å². The van der Waals surface area contributed by atoms with Gasteiger partial charge in [0.25, 0.3) is 6.43 Å². The number of anilines is 1. The number of benzene rings is 1. The number of hydrogen-bond donors (Lipinski definition) is 2. The first-order chi connectivity index (χ1) is 11.2. The van der Waals surface area contributed by atoms with Crippen LogP contribution in [0.3, 0.4) is 0 Å². The maximum atomic E-state index is 12.7. The first-order valence-electron chi connectivity index (χ1n) is 7.36. The van der Waals surface area contributed by atoms with Crippen molar-refractivity contribution < 1.29 is 22.0 Å². The van der Waals surface area contributed by atoms with Gasteiger partial charge in [0.1, 0.15) is 0 Å². The van der Waals surface area contributed by atoms with E-state index in [1.54, 1.807) is 6.92 Å². The predicted molar refractivity (Wildman–Crippen MR) is 88.0 cm³/mol. The number of hydrogen-bond acceptors (Lipinski definition) is 3. The summed E-state index contributed by atoms with van der Waals surface area (Å²) >= 11 is 5.91. The first-order valence-corrected chi connectivity index (χ1v) is 9.29. The summed E-state index contributed by atoms with van der Waals surface area (Å²) in [6, 6.07) is 2.99. The van der Waals surface area contributed by atoms with Crippen LogP contribution < -0.4 is 10.0 Å². The Labute approximate surface area is 144 Å². The minimum absolute atomic E-state index is 0.0350. The molecule has 0 spiro atoms. The molecule has 1 unspecified atom stereocenters. The van der Waals surface area contributed by atoms with E-state index in [0.29, 0.717) is 6.42 Å². The van der Waals surface area contributed by atoms with E-state index >= 15 is 0 Å². The van der Waals surface area contributed by atoms with Crippen LogP contribution in [0.4, 0.5) is 19.3 Å². The second-order valence-electron chi connectivity index (χ2n) is 5.37. The molecule has 1 atom stereocenters. The number of sulfonamides is 1. The number of rotatable bonds is 5. The van der Waals surface area contributed by atoms with Gasteiger partial charge in [0, 0.05) is 25.2 Å². The van der Waals surface area contributed by atoms with Gasteiger partial charge in [-0.1, -0.05) is 24.6 Å². The van der Waals surface area contributed by atoms with Gasteiger partial charge in [0.15, 0.2) is 0 Å². The maximum absolute atomic E-state index is 12.7. The molecule has 1 aromatic rings. The van der Waals surface area contributed by atoms with E-state index in [2.05, 4.69) is 10.0 Å². The second-order valence-corrected chi connectivity index (χ2v) is 7.82. The first kappa shape index (κ1) is 18.9. The fraction of sp³-hybridized carbons (Fsp3) is 0.500. The molecule has 1 aliphatic rings. The van der Waals surface area contributed by atoms with Crippen LogP contribution in [0.1, 0.15) is 25.3 Å². The summed E-state index contributed by atoms with van der Waals surface area (Å²) in [7, 11) is -3.47. The lowest BCUT2D eigenvalue weighted by molar-refractivity contribution is 0.151. The van der Waals surface area contributed by atoms with Gasteiger partial charge in [-0.2, -0.15) is 0 Å². The Hall–Kier alpha value is -1.45. The fourth-order valence-corrected chi connectivity index (χ4v) is 4.05. The van der Waals surface area contributed by atoms with Gasteiger partial charge in [-0.15, -0.1) is 0 Å². The minimum atomic E-state index is -3.47. The molecule has 10 heteroatoms. The number of likely N-dealkylation sites (tertiary alicyclic amines) is 1. The molecule has 1 aromatic carbocycles. The Kier molecular flexibility index (Phi) is 6.00. The highest BCUT2D eigenvalue weighted by Crippen LogP contribution is 2.28. The minimum Gasteiger partial charge on any atom is -0.323 e. The van der Waals surface area contributed by atoms with Crippen LogP contribution in [-0.4, -0.2) is 44.2 Å². The normalized spacial score (nSPS) is 18.2. The van der Waals surface area contributed by atoms with Gasteiger partial charge in [0.05, 0.1) is 16.0 Å². The summed E-state index contributed by atoms with van der Waals surface area (Å²) in [4.78, 5) is 13.6. The van der Waals surface area contributed by atoms with Gasteiger partial charge in [-0.25, -0.2) is 26.7 Å². The molecule has 24 heavy (non-hydrogen) atoms. The standard InChI is InChI=1S/C14H18ClF2N3O3S/c1-2-18-24(22,23)10-5-6-20(8-10)14(21)19-12-7-9(13(16)17)3-4-11(12)15/h3-4,7,10,13,18H,2,5-6,8H2,1H3,(H,19,21). The number of amides is 2. The molecule has 1 aliphatic heterocycles. The van der Waals surface area contributed by atoms with Crippen LogP contribution in [0.15, 0.2) is 18.2 Å². The summed E-state index contributed by atoms with van der Waals surface area (Å²) in [5, 5.41) is 1.90. The summed E-state index contributed by atoms with van der Waals surface area (Å²) in [5.41, 5.74) is -0.193. The fourth-order valence-electron chi connectivity index (χ4n) is 2.45. The average Bonchev–Trinajstić information content (AvgIpc) is 3.00. The number of nitrogens with zero attached hydrogens (tertiary/aromatic N) is 1. The number of alkyl halides is 2. The van der Waals surface area contributed by atoms with Crippen molar-refractivity contribution in [3.63, 3.8) is 0 Å². The van der Waals surface area contributed by atoms with Crippen molar-refractivity contribution in [2.45, 2.75) is 25.0 Å². The highest BCUT2D eigenvalue weighted by molar-refractivity contribution is 7.90. The van der Waals surface area contributed by atoms with Crippen LogP contribution >= 0.6 is 11.6 Å². The third-order valence-electron chi connectivity index (χ3n) is 3.70. The number of urea groups is 1. The Morgan fingerprint density at radius 3 is 2.79 bits per heavy atom. The topological polar surface area (TPSA) is 78.5 Å². The molecular weight excluding hydrogens is 364 g/mol. The maximum Gasteiger partial charge on any atom is 0.321 e. The average molecular weight is 382 g/mol. The van der Waals surface area contributed by atoms with Crippen LogP contribution in [0.5, 0.6) is 0 Å². The van der Waals surface area contributed by atoms with Gasteiger partial charge in [-0.05, 0) is 18.6 Å². The van der Waals surface area contributed by atoms with Crippen molar-refractivity contribution in [2.24, 2.45) is 0 Å². The highest BCUT2D eigenvalue weighted by Gasteiger charge is 2.34. The molecule has 1 heterocycles. The quantitative estimate of drug-likeness (QED) is 0.823. The van der Waals surface area contributed by atoms with Crippen molar-refractivity contribution in [3.8, 4) is 0 Å². The molecule has 1 saturated heterocycles. The smallest absolute Gasteiger partial charge is 0.321 e. The third-order valence-corrected chi connectivity index (χ3v) is 5.98. The van der Waals surface area contributed by atoms with E-state index in [1.165, 1.54) is 17.0 Å². The van der Waals surface area contributed by atoms with E-state index in [-0.39, 0.29) is 35.9 Å². The highest BCUT2D eigenvalue weighted by atomic mass is 35.5. The number of halogens is 3. The Balaban J connectivity index is 2.05. The molecule has 134 valence electrons. The number of nitrogens with one attached hydrogen (secondary N) is 2. The van der Waals surface area contributed by atoms with E-state index in [1.807, 2.05) is 0 Å². The lowest BCUT2D eigenvalue weighted by atomic mass is 10.2. The van der Waals surface area contributed by atoms with E-state index in [0.717, 1.165) is 6.07 Å². The molecule has 1 fully saturated rings. The van der Waals surface area contributed by atoms with Crippen LogP contribution in [0.25, 0.3) is 0 Å². The lowest BCUT2D eigenvalue weighted by Crippen LogP contribution is -2.38. The van der Waals surface area contributed by atoms with Crippen molar-refractivity contribution in [1.29, 1.82) is 0 Å². The number of carbonyl (C=O) groups excluding carboxylic acids is 1. The molecule has 2 N–H and O–H groups in total. The molecule has 2 amide bonds.